The maximum Gasteiger partial charge on any atom is 0.511 e. The number of fused-ring (bicyclic) bond motifs is 1. The van der Waals surface area contributed by atoms with E-state index in [1.54, 1.807) is 12.1 Å². The monoisotopic (exact) mass is 514 g/mol. The van der Waals surface area contributed by atoms with E-state index in [2.05, 4.69) is 16.4 Å². The summed E-state index contributed by atoms with van der Waals surface area (Å²) in [6.45, 7) is 3.49. The van der Waals surface area contributed by atoms with Crippen LogP contribution in [-0.4, -0.2) is 49.5 Å². The minimum atomic E-state index is -1.35. The van der Waals surface area contributed by atoms with Gasteiger partial charge in [0.2, 0.25) is 0 Å². The number of pyridine rings is 1. The highest BCUT2D eigenvalue weighted by Gasteiger charge is 2.28. The molecule has 0 bridgehead atoms. The second-order valence-corrected chi connectivity index (χ2v) is 9.52. The van der Waals surface area contributed by atoms with Crippen LogP contribution in [0.1, 0.15) is 44.0 Å². The molecule has 0 radical (unpaired) electrons. The third-order valence-electron chi connectivity index (χ3n) is 6.90. The van der Waals surface area contributed by atoms with Crippen molar-refractivity contribution < 1.29 is 24.5 Å². The maximum absolute atomic E-state index is 11.4. The van der Waals surface area contributed by atoms with E-state index >= 15 is 0 Å². The number of hydrogen-bond donors (Lipinski definition) is 2. The van der Waals surface area contributed by atoms with E-state index in [-0.39, 0.29) is 12.5 Å². The maximum atomic E-state index is 11.4. The van der Waals surface area contributed by atoms with Crippen molar-refractivity contribution in [3.63, 3.8) is 0 Å². The fourth-order valence-electron chi connectivity index (χ4n) is 5.19. The van der Waals surface area contributed by atoms with Crippen LogP contribution in [0.3, 0.4) is 0 Å². The van der Waals surface area contributed by atoms with Crippen LogP contribution in [0.15, 0.2) is 60.7 Å². The zero-order valence-corrected chi connectivity index (χ0v) is 21.2. The number of imidazole rings is 1. The lowest BCUT2D eigenvalue weighted by molar-refractivity contribution is -0.137. The fourth-order valence-corrected chi connectivity index (χ4v) is 5.19. The second kappa shape index (κ2) is 10.9. The third-order valence-corrected chi connectivity index (χ3v) is 6.90. The summed E-state index contributed by atoms with van der Waals surface area (Å²) in [6, 6.07) is 18.9. The largest absolute Gasteiger partial charge is 0.511 e. The zero-order valence-electron chi connectivity index (χ0n) is 21.2. The van der Waals surface area contributed by atoms with Gasteiger partial charge in [0.15, 0.2) is 5.65 Å². The quantitative estimate of drug-likeness (QED) is 0.219. The summed E-state index contributed by atoms with van der Waals surface area (Å²) in [5, 5.41) is 18.4. The molecular weight excluding hydrogens is 484 g/mol. The van der Waals surface area contributed by atoms with E-state index in [4.69, 9.17) is 19.8 Å². The average molecular weight is 515 g/mol. The van der Waals surface area contributed by atoms with Gasteiger partial charge in [-0.3, -0.25) is 4.79 Å². The fraction of sp³-hybridized carbons (Fsp3) is 0.310. The van der Waals surface area contributed by atoms with Crippen LogP contribution in [-0.2, 0) is 17.8 Å². The van der Waals surface area contributed by atoms with Crippen molar-refractivity contribution in [1.29, 1.82) is 0 Å². The molecule has 2 aromatic carbocycles. The minimum Gasteiger partial charge on any atom is -0.481 e. The molecule has 1 fully saturated rings. The Morgan fingerprint density at radius 1 is 1.03 bits per heavy atom. The summed E-state index contributed by atoms with van der Waals surface area (Å²) in [6.07, 6.45) is 2.31. The molecule has 1 atom stereocenters. The van der Waals surface area contributed by atoms with Gasteiger partial charge in [0.1, 0.15) is 22.9 Å². The standard InChI is InChI=1S/C29H30N4O5/c1-2-6-25-30-23-14-15-26(32-16-5-7-21(32)17-27(34)35)31-28(23)33(25)18-19-10-12-20(13-11-19)22-8-3-4-9-24(22)38-29(36)37/h3-4,8-15,21H,2,5-7,16-18H2,1H3,(H,34,35)(H,36,37). The second-order valence-electron chi connectivity index (χ2n) is 9.52. The summed E-state index contributed by atoms with van der Waals surface area (Å²) in [5.74, 6) is 1.24. The van der Waals surface area contributed by atoms with Gasteiger partial charge in [0.05, 0.1) is 13.0 Å². The van der Waals surface area contributed by atoms with Crippen molar-refractivity contribution >= 4 is 29.1 Å². The van der Waals surface area contributed by atoms with Crippen LogP contribution >= 0.6 is 0 Å². The van der Waals surface area contributed by atoms with E-state index in [0.29, 0.717) is 17.9 Å². The number of carboxylic acid groups (broad SMARTS) is 2. The number of aryl methyl sites for hydroxylation is 1. The van der Waals surface area contributed by atoms with E-state index in [9.17, 15) is 14.7 Å². The summed E-state index contributed by atoms with van der Waals surface area (Å²) in [7, 11) is 0. The lowest BCUT2D eigenvalue weighted by Crippen LogP contribution is -2.31. The molecular formula is C29H30N4O5. The summed E-state index contributed by atoms with van der Waals surface area (Å²) < 4.78 is 7.09. The van der Waals surface area contributed by atoms with Gasteiger partial charge < -0.3 is 24.4 Å². The van der Waals surface area contributed by atoms with E-state index in [1.807, 2.05) is 48.5 Å². The molecule has 38 heavy (non-hydrogen) atoms. The van der Waals surface area contributed by atoms with Gasteiger partial charge in [-0.15, -0.1) is 0 Å². The number of anilines is 1. The molecule has 2 N–H and O–H groups in total. The summed E-state index contributed by atoms with van der Waals surface area (Å²) >= 11 is 0. The van der Waals surface area contributed by atoms with Crippen molar-refractivity contribution in [2.24, 2.45) is 0 Å². The number of ether oxygens (including phenoxy) is 1. The first kappa shape index (κ1) is 25.3. The van der Waals surface area contributed by atoms with Gasteiger partial charge in [-0.25, -0.2) is 14.8 Å². The Kier molecular flexibility index (Phi) is 7.26. The van der Waals surface area contributed by atoms with Crippen LogP contribution in [0.4, 0.5) is 10.6 Å². The number of nitrogens with zero attached hydrogens (tertiary/aromatic N) is 4. The smallest absolute Gasteiger partial charge is 0.481 e. The highest BCUT2D eigenvalue weighted by molar-refractivity contribution is 5.76. The number of aromatic nitrogens is 3. The van der Waals surface area contributed by atoms with Gasteiger partial charge in [-0.1, -0.05) is 49.4 Å². The summed E-state index contributed by atoms with van der Waals surface area (Å²) in [4.78, 5) is 34.4. The number of benzene rings is 2. The number of aliphatic carboxylic acids is 1. The number of carboxylic acids is 1. The van der Waals surface area contributed by atoms with Crippen molar-refractivity contribution in [1.82, 2.24) is 14.5 Å². The molecule has 0 saturated carbocycles. The van der Waals surface area contributed by atoms with Crippen molar-refractivity contribution in [3.8, 4) is 16.9 Å². The number of hydrogen-bond acceptors (Lipinski definition) is 6. The molecule has 4 aromatic rings. The van der Waals surface area contributed by atoms with Crippen LogP contribution in [0, 0.1) is 0 Å². The van der Waals surface area contributed by atoms with Gasteiger partial charge in [0.25, 0.3) is 0 Å². The Morgan fingerprint density at radius 2 is 1.82 bits per heavy atom. The van der Waals surface area contributed by atoms with Gasteiger partial charge in [-0.2, -0.15) is 0 Å². The zero-order chi connectivity index (χ0) is 26.6. The van der Waals surface area contributed by atoms with Crippen LogP contribution < -0.4 is 9.64 Å². The Balaban J connectivity index is 1.46. The Bertz CT molecular complexity index is 1460. The lowest BCUT2D eigenvalue weighted by atomic mass is 10.0. The van der Waals surface area contributed by atoms with E-state index in [0.717, 1.165) is 66.2 Å². The molecule has 2 aromatic heterocycles. The average Bonchev–Trinajstić information content (AvgIpc) is 3.48. The van der Waals surface area contributed by atoms with Crippen LogP contribution in [0.2, 0.25) is 0 Å². The van der Waals surface area contributed by atoms with Crippen LogP contribution in [0.25, 0.3) is 22.3 Å². The van der Waals surface area contributed by atoms with Gasteiger partial charge >= 0.3 is 12.1 Å². The molecule has 5 rings (SSSR count). The topological polar surface area (TPSA) is 118 Å². The predicted molar refractivity (Wildman–Crippen MR) is 144 cm³/mol. The first-order valence-corrected chi connectivity index (χ1v) is 12.9. The number of carbonyl (C=O) groups is 2. The molecule has 9 nitrogen and oxygen atoms in total. The molecule has 1 unspecified atom stereocenters. The molecule has 1 aliphatic rings. The normalized spacial score (nSPS) is 15.2. The van der Waals surface area contributed by atoms with Gasteiger partial charge in [-0.05, 0) is 48.6 Å². The summed E-state index contributed by atoms with van der Waals surface area (Å²) in [5.41, 5.74) is 4.22. The minimum absolute atomic E-state index is 0.0514. The molecule has 0 spiro atoms. The Hall–Kier alpha value is -4.40. The Labute approximate surface area is 220 Å². The van der Waals surface area contributed by atoms with Crippen molar-refractivity contribution in [2.45, 2.75) is 51.6 Å². The molecule has 196 valence electrons. The third kappa shape index (κ3) is 5.32. The van der Waals surface area contributed by atoms with Crippen molar-refractivity contribution in [2.75, 3.05) is 11.4 Å². The lowest BCUT2D eigenvalue weighted by Gasteiger charge is -2.24. The SMILES string of the molecule is CCCc1nc2ccc(N3CCCC3CC(=O)O)nc2n1Cc1ccc(-c2ccccc2OC(=O)O)cc1. The first-order chi connectivity index (χ1) is 18.4. The predicted octanol–water partition coefficient (Wildman–Crippen LogP) is 5.60. The Morgan fingerprint density at radius 3 is 2.55 bits per heavy atom. The van der Waals surface area contributed by atoms with Crippen LogP contribution in [0.5, 0.6) is 5.75 Å². The molecule has 0 amide bonds. The van der Waals surface area contributed by atoms with Gasteiger partial charge in [0, 0.05) is 24.6 Å². The van der Waals surface area contributed by atoms with Crippen molar-refractivity contribution in [3.05, 3.63) is 72.1 Å². The van der Waals surface area contributed by atoms with E-state index < -0.39 is 12.1 Å². The first-order valence-electron chi connectivity index (χ1n) is 12.9. The number of para-hydroxylation sites is 1. The molecule has 0 aliphatic carbocycles. The van der Waals surface area contributed by atoms with E-state index in [1.165, 1.54) is 0 Å². The molecule has 9 heteroatoms. The highest BCUT2D eigenvalue weighted by atomic mass is 16.7. The molecule has 1 aliphatic heterocycles. The molecule has 1 saturated heterocycles. The molecule has 3 heterocycles. The highest BCUT2D eigenvalue weighted by Crippen LogP contribution is 2.31. The number of rotatable bonds is 9.